The van der Waals surface area contributed by atoms with Crippen LogP contribution in [0.1, 0.15) is 20.8 Å². The Kier molecular flexibility index (Phi) is 6.59. The van der Waals surface area contributed by atoms with Crippen LogP contribution in [0.4, 0.5) is 5.69 Å². The molecule has 5 aromatic carbocycles. The second kappa shape index (κ2) is 10.8. The summed E-state index contributed by atoms with van der Waals surface area (Å²) in [5.74, 6) is 1.24. The first-order valence-electron chi connectivity index (χ1n) is 16.2. The largest absolute Gasteiger partial charge is 0.509 e. The standard InChI is InChI=1S/C42H30N5O.Pt/c1-42(2,3)45-23-22-44(26-45)27-10-6-11-28(24-27)48-29-19-20-31-33-15-8-18-37-40(33)47(38(31)25-29)41-35(16-9-21-43-41)34-14-7-13-32-30-12-4-5-17-36(30)46(37)39(32)34;/h4-23,26H,1-3H3;/q-3;. The smallest absolute Gasteiger partial charge is 0.143 e. The third-order valence-corrected chi connectivity index (χ3v) is 9.54. The Hall–Kier alpha value is -5.32. The monoisotopic (exact) mass is 815 g/mol. The van der Waals surface area contributed by atoms with Crippen molar-refractivity contribution in [3.8, 4) is 11.5 Å². The average molecular weight is 816 g/mol. The van der Waals surface area contributed by atoms with Crippen LogP contribution in [0.3, 0.4) is 0 Å². The minimum absolute atomic E-state index is 0. The molecule has 6 nitrogen and oxygen atoms in total. The van der Waals surface area contributed by atoms with Gasteiger partial charge >= 0.3 is 0 Å². The van der Waals surface area contributed by atoms with E-state index < -0.39 is 0 Å². The Morgan fingerprint density at radius 3 is 2.14 bits per heavy atom. The van der Waals surface area contributed by atoms with Crippen molar-refractivity contribution in [2.75, 3.05) is 4.90 Å². The number of nitrogens with zero attached hydrogens (tertiary/aromatic N) is 5. The van der Waals surface area contributed by atoms with E-state index in [-0.39, 0.29) is 26.6 Å². The molecule has 5 heterocycles. The van der Waals surface area contributed by atoms with E-state index in [4.69, 9.17) is 9.72 Å². The van der Waals surface area contributed by atoms with Crippen molar-refractivity contribution in [1.82, 2.24) is 18.7 Å². The molecule has 0 N–H and O–H groups in total. The van der Waals surface area contributed by atoms with E-state index in [1.54, 1.807) is 0 Å². The molecule has 9 aromatic rings. The van der Waals surface area contributed by atoms with Gasteiger partial charge in [-0.2, -0.15) is 18.8 Å². The molecule has 0 fully saturated rings. The van der Waals surface area contributed by atoms with Crippen molar-refractivity contribution in [1.29, 1.82) is 0 Å². The molecule has 0 amide bonds. The molecule has 1 aliphatic heterocycles. The zero-order chi connectivity index (χ0) is 32.1. The first kappa shape index (κ1) is 29.8. The fraction of sp³-hybridized carbons (Fsp3) is 0.0952. The van der Waals surface area contributed by atoms with Crippen molar-refractivity contribution in [2.45, 2.75) is 26.3 Å². The summed E-state index contributed by atoms with van der Waals surface area (Å²) >= 11 is 0. The molecule has 0 saturated carbocycles. The summed E-state index contributed by atoms with van der Waals surface area (Å²) in [6.45, 7) is 8.64. The summed E-state index contributed by atoms with van der Waals surface area (Å²) in [5, 5.41) is 6.91. The van der Waals surface area contributed by atoms with Gasteiger partial charge in [-0.1, -0.05) is 54.0 Å². The minimum atomic E-state index is -0.0153. The van der Waals surface area contributed by atoms with Crippen LogP contribution in [0, 0.1) is 18.8 Å². The van der Waals surface area contributed by atoms with Crippen molar-refractivity contribution in [2.24, 2.45) is 0 Å². The Morgan fingerprint density at radius 2 is 1.31 bits per heavy atom. The fourth-order valence-corrected chi connectivity index (χ4v) is 7.33. The number of hydrogen-bond acceptors (Lipinski definition) is 4. The summed E-state index contributed by atoms with van der Waals surface area (Å²) in [5.41, 5.74) is 7.23. The number of anilines is 1. The third-order valence-electron chi connectivity index (χ3n) is 9.54. The second-order valence-electron chi connectivity index (χ2n) is 13.4. The normalized spacial score (nSPS) is 13.6. The molecule has 0 aliphatic carbocycles. The molecule has 10 rings (SSSR count). The Balaban J connectivity index is 0.00000325. The van der Waals surface area contributed by atoms with Crippen LogP contribution in [-0.4, -0.2) is 24.2 Å². The van der Waals surface area contributed by atoms with Gasteiger partial charge < -0.3 is 23.3 Å². The van der Waals surface area contributed by atoms with Crippen molar-refractivity contribution in [3.63, 3.8) is 0 Å². The number of fused-ring (bicyclic) bond motifs is 10. The van der Waals surface area contributed by atoms with Gasteiger partial charge in [-0.25, -0.2) is 4.98 Å². The van der Waals surface area contributed by atoms with Crippen LogP contribution < -0.4 is 9.64 Å². The van der Waals surface area contributed by atoms with Crippen LogP contribution in [0.5, 0.6) is 11.5 Å². The minimum Gasteiger partial charge on any atom is -0.509 e. The maximum Gasteiger partial charge on any atom is 0.143 e. The van der Waals surface area contributed by atoms with Gasteiger partial charge in [0.05, 0.1) is 22.1 Å². The number of hydrogen-bond donors (Lipinski definition) is 0. The molecule has 49 heavy (non-hydrogen) atoms. The third kappa shape index (κ3) is 4.40. The molecule has 7 heteroatoms. The second-order valence-corrected chi connectivity index (χ2v) is 13.4. The van der Waals surface area contributed by atoms with Gasteiger partial charge in [0.2, 0.25) is 0 Å². The van der Waals surface area contributed by atoms with Gasteiger partial charge in [0.15, 0.2) is 0 Å². The molecule has 1 aliphatic rings. The molecule has 0 saturated heterocycles. The molecular formula is C42H30N5OPt-3. The molecule has 0 spiro atoms. The van der Waals surface area contributed by atoms with Crippen LogP contribution in [0.15, 0.2) is 122 Å². The summed E-state index contributed by atoms with van der Waals surface area (Å²) in [7, 11) is 0. The summed E-state index contributed by atoms with van der Waals surface area (Å²) in [6, 6.07) is 43.3. The molecule has 242 valence electrons. The van der Waals surface area contributed by atoms with Crippen LogP contribution >= 0.6 is 0 Å². The molecule has 0 atom stereocenters. The number of ether oxygens (including phenoxy) is 1. The maximum atomic E-state index is 6.49. The molecule has 0 radical (unpaired) electrons. The van der Waals surface area contributed by atoms with E-state index in [2.05, 4.69) is 137 Å². The predicted molar refractivity (Wildman–Crippen MR) is 195 cm³/mol. The quantitative estimate of drug-likeness (QED) is 0.167. The van der Waals surface area contributed by atoms with Gasteiger partial charge in [0.25, 0.3) is 0 Å². The Bertz CT molecular complexity index is 2810. The summed E-state index contributed by atoms with van der Waals surface area (Å²) in [4.78, 5) is 9.29. The zero-order valence-electron chi connectivity index (χ0n) is 27.1. The van der Waals surface area contributed by atoms with Crippen LogP contribution in [-0.2, 0) is 21.1 Å². The first-order valence-corrected chi connectivity index (χ1v) is 16.2. The van der Waals surface area contributed by atoms with E-state index in [1.165, 1.54) is 21.8 Å². The summed E-state index contributed by atoms with van der Waals surface area (Å²) < 4.78 is 11.2. The SMILES string of the molecule is CC(C)(C)N1C=CN(c2[c-]c(Oc3[c-]c4c(cc3)c3cccc5c3n4c3ncccc3c3cccc4c6ccccc6n5c43)ccc2)[CH-]1.[Pt]. The van der Waals surface area contributed by atoms with E-state index in [0.29, 0.717) is 11.5 Å². The van der Waals surface area contributed by atoms with E-state index >= 15 is 0 Å². The van der Waals surface area contributed by atoms with Crippen molar-refractivity contribution in [3.05, 3.63) is 141 Å². The van der Waals surface area contributed by atoms with E-state index in [0.717, 1.165) is 49.4 Å². The number of benzene rings is 5. The molecular weight excluding hydrogens is 786 g/mol. The van der Waals surface area contributed by atoms with Crippen molar-refractivity contribution >= 4 is 71.2 Å². The van der Waals surface area contributed by atoms with Crippen LogP contribution in [0.2, 0.25) is 0 Å². The molecule has 4 aromatic heterocycles. The average Bonchev–Trinajstić information content (AvgIpc) is 3.81. The topological polar surface area (TPSA) is 37.4 Å². The molecule has 0 bridgehead atoms. The zero-order valence-corrected chi connectivity index (χ0v) is 29.4. The number of pyridine rings is 1. The van der Waals surface area contributed by atoms with Gasteiger partial charge in [-0.15, -0.1) is 41.4 Å². The van der Waals surface area contributed by atoms with Gasteiger partial charge in [-0.05, 0) is 62.8 Å². The number of aromatic nitrogens is 3. The Morgan fingerprint density at radius 1 is 0.612 bits per heavy atom. The van der Waals surface area contributed by atoms with Gasteiger partial charge in [-0.3, -0.25) is 0 Å². The van der Waals surface area contributed by atoms with Crippen molar-refractivity contribution < 1.29 is 25.8 Å². The van der Waals surface area contributed by atoms with E-state index in [9.17, 15) is 0 Å². The Labute approximate surface area is 297 Å². The number of para-hydroxylation sites is 3. The fourth-order valence-electron chi connectivity index (χ4n) is 7.33. The summed E-state index contributed by atoms with van der Waals surface area (Å²) in [6.07, 6.45) is 6.00. The van der Waals surface area contributed by atoms with Crippen LogP contribution in [0.25, 0.3) is 65.5 Å². The predicted octanol–water partition coefficient (Wildman–Crippen LogP) is 10.3. The first-order chi connectivity index (χ1) is 23.4. The molecule has 0 unspecified atom stereocenters. The number of rotatable bonds is 3. The van der Waals surface area contributed by atoms with Gasteiger partial charge in [0.1, 0.15) is 5.65 Å². The van der Waals surface area contributed by atoms with E-state index in [1.807, 2.05) is 42.7 Å². The van der Waals surface area contributed by atoms with Gasteiger partial charge in [0, 0.05) is 65.8 Å². The maximum absolute atomic E-state index is 6.49.